The quantitative estimate of drug-likeness (QED) is 0.695. The molecule has 12 heavy (non-hydrogen) atoms. The van der Waals surface area contributed by atoms with Crippen LogP contribution in [0.2, 0.25) is 0 Å². The van der Waals surface area contributed by atoms with E-state index in [2.05, 4.69) is 25.8 Å². The topological polar surface area (TPSA) is 33.1 Å². The standard InChI is InChI=1S/C6H7NO.C4H10/c8-5-6-3-1-2-4-7-6;1-4(2)3/h1-4,8H,5H2;4H,1-3H3. The zero-order chi connectivity index (χ0) is 9.40. The minimum atomic E-state index is 0.0286. The van der Waals surface area contributed by atoms with Crippen LogP contribution in [0.1, 0.15) is 26.5 Å². The van der Waals surface area contributed by atoms with E-state index in [1.807, 2.05) is 12.1 Å². The zero-order valence-electron chi connectivity index (χ0n) is 7.99. The summed E-state index contributed by atoms with van der Waals surface area (Å²) in [4.78, 5) is 3.85. The SMILES string of the molecule is CC(C)C.OCc1ccccn1. The minimum absolute atomic E-state index is 0.0286. The highest BCUT2D eigenvalue weighted by molar-refractivity contribution is 5.01. The Balaban J connectivity index is 0.000000261. The fourth-order valence-corrected chi connectivity index (χ4v) is 0.492. The van der Waals surface area contributed by atoms with Gasteiger partial charge in [-0.2, -0.15) is 0 Å². The van der Waals surface area contributed by atoms with E-state index in [0.717, 1.165) is 5.92 Å². The van der Waals surface area contributed by atoms with Crippen LogP contribution < -0.4 is 0 Å². The molecule has 0 spiro atoms. The second kappa shape index (κ2) is 6.80. The largest absolute Gasteiger partial charge is 0.390 e. The molecular formula is C10H17NO. The van der Waals surface area contributed by atoms with Crippen LogP contribution in [0.3, 0.4) is 0 Å². The Bertz CT molecular complexity index is 182. The van der Waals surface area contributed by atoms with Crippen molar-refractivity contribution in [2.75, 3.05) is 0 Å². The summed E-state index contributed by atoms with van der Waals surface area (Å²) in [7, 11) is 0. The predicted octanol–water partition coefficient (Wildman–Crippen LogP) is 2.24. The summed E-state index contributed by atoms with van der Waals surface area (Å²) >= 11 is 0. The van der Waals surface area contributed by atoms with E-state index in [0.29, 0.717) is 5.69 Å². The Labute approximate surface area is 74.3 Å². The average molecular weight is 167 g/mol. The van der Waals surface area contributed by atoms with Crippen molar-refractivity contribution in [1.29, 1.82) is 0 Å². The molecule has 1 heterocycles. The molecule has 0 amide bonds. The molecular weight excluding hydrogens is 150 g/mol. The van der Waals surface area contributed by atoms with Gasteiger partial charge in [0.05, 0.1) is 12.3 Å². The van der Waals surface area contributed by atoms with Gasteiger partial charge in [-0.3, -0.25) is 4.98 Å². The summed E-state index contributed by atoms with van der Waals surface area (Å²) in [5.74, 6) is 0.833. The van der Waals surface area contributed by atoms with Gasteiger partial charge < -0.3 is 5.11 Å². The van der Waals surface area contributed by atoms with Crippen LogP contribution in [0.15, 0.2) is 24.4 Å². The third kappa shape index (κ3) is 7.22. The first kappa shape index (κ1) is 11.1. The van der Waals surface area contributed by atoms with Crippen LogP contribution in [0.5, 0.6) is 0 Å². The number of pyridine rings is 1. The number of aromatic nitrogens is 1. The average Bonchev–Trinajstić information content (AvgIpc) is 2.05. The van der Waals surface area contributed by atoms with E-state index in [1.54, 1.807) is 12.3 Å². The lowest BCUT2D eigenvalue weighted by molar-refractivity contribution is 0.277. The van der Waals surface area contributed by atoms with Gasteiger partial charge in [0.25, 0.3) is 0 Å². The van der Waals surface area contributed by atoms with E-state index >= 15 is 0 Å². The first-order valence-electron chi connectivity index (χ1n) is 4.17. The lowest BCUT2D eigenvalue weighted by Crippen LogP contribution is -1.84. The third-order valence-electron chi connectivity index (χ3n) is 0.888. The van der Waals surface area contributed by atoms with Crippen molar-refractivity contribution >= 4 is 0 Å². The van der Waals surface area contributed by atoms with Crippen LogP contribution >= 0.6 is 0 Å². The van der Waals surface area contributed by atoms with Crippen molar-refractivity contribution in [3.05, 3.63) is 30.1 Å². The Morgan fingerprint density at radius 2 is 1.92 bits per heavy atom. The van der Waals surface area contributed by atoms with Gasteiger partial charge in [0, 0.05) is 6.20 Å². The Hall–Kier alpha value is -0.890. The van der Waals surface area contributed by atoms with Crippen molar-refractivity contribution in [2.45, 2.75) is 27.4 Å². The molecule has 0 atom stereocenters. The van der Waals surface area contributed by atoms with Gasteiger partial charge in [-0.15, -0.1) is 0 Å². The van der Waals surface area contributed by atoms with Crippen molar-refractivity contribution < 1.29 is 5.11 Å². The van der Waals surface area contributed by atoms with Gasteiger partial charge in [-0.1, -0.05) is 26.8 Å². The van der Waals surface area contributed by atoms with Gasteiger partial charge in [-0.25, -0.2) is 0 Å². The van der Waals surface area contributed by atoms with Gasteiger partial charge in [0.15, 0.2) is 0 Å². The predicted molar refractivity (Wildman–Crippen MR) is 50.7 cm³/mol. The Kier molecular flexibility index (Phi) is 6.29. The normalized spacial score (nSPS) is 9.08. The van der Waals surface area contributed by atoms with E-state index in [4.69, 9.17) is 5.11 Å². The number of aliphatic hydroxyl groups excluding tert-OH is 1. The number of hydrogen-bond donors (Lipinski definition) is 1. The van der Waals surface area contributed by atoms with Crippen molar-refractivity contribution in [2.24, 2.45) is 5.92 Å². The third-order valence-corrected chi connectivity index (χ3v) is 0.888. The van der Waals surface area contributed by atoms with Crippen LogP contribution in [-0.4, -0.2) is 10.1 Å². The monoisotopic (exact) mass is 167 g/mol. The fraction of sp³-hybridized carbons (Fsp3) is 0.500. The molecule has 0 aliphatic heterocycles. The summed E-state index contributed by atoms with van der Waals surface area (Å²) in [5.41, 5.74) is 0.715. The molecule has 1 aromatic rings. The van der Waals surface area contributed by atoms with E-state index in [9.17, 15) is 0 Å². The molecule has 0 saturated carbocycles. The summed E-state index contributed by atoms with van der Waals surface area (Å²) in [6.07, 6.45) is 1.66. The van der Waals surface area contributed by atoms with Gasteiger partial charge in [-0.05, 0) is 18.1 Å². The molecule has 68 valence electrons. The molecule has 0 bridgehead atoms. The minimum Gasteiger partial charge on any atom is -0.390 e. The summed E-state index contributed by atoms with van der Waals surface area (Å²) in [5, 5.41) is 8.48. The fourth-order valence-electron chi connectivity index (χ4n) is 0.492. The lowest BCUT2D eigenvalue weighted by atomic mass is 10.3. The summed E-state index contributed by atoms with van der Waals surface area (Å²) in [6.45, 7) is 6.53. The van der Waals surface area contributed by atoms with Gasteiger partial charge in [0.1, 0.15) is 0 Å². The molecule has 0 aromatic carbocycles. The molecule has 0 aliphatic carbocycles. The number of hydrogen-bond acceptors (Lipinski definition) is 2. The van der Waals surface area contributed by atoms with E-state index in [-0.39, 0.29) is 6.61 Å². The zero-order valence-corrected chi connectivity index (χ0v) is 7.99. The number of aliphatic hydroxyl groups is 1. The molecule has 0 saturated heterocycles. The van der Waals surface area contributed by atoms with E-state index < -0.39 is 0 Å². The molecule has 1 rings (SSSR count). The highest BCUT2D eigenvalue weighted by Gasteiger charge is 1.82. The molecule has 0 fully saturated rings. The lowest BCUT2D eigenvalue weighted by Gasteiger charge is -1.88. The smallest absolute Gasteiger partial charge is 0.0852 e. The molecule has 1 N–H and O–H groups in total. The van der Waals surface area contributed by atoms with Crippen LogP contribution in [0.25, 0.3) is 0 Å². The van der Waals surface area contributed by atoms with E-state index in [1.165, 1.54) is 0 Å². The molecule has 2 nitrogen and oxygen atoms in total. The Morgan fingerprint density at radius 3 is 2.17 bits per heavy atom. The maximum atomic E-state index is 8.48. The molecule has 2 heteroatoms. The van der Waals surface area contributed by atoms with Crippen molar-refractivity contribution in [3.63, 3.8) is 0 Å². The maximum absolute atomic E-state index is 8.48. The van der Waals surface area contributed by atoms with Gasteiger partial charge in [0.2, 0.25) is 0 Å². The van der Waals surface area contributed by atoms with Gasteiger partial charge >= 0.3 is 0 Å². The Morgan fingerprint density at radius 1 is 1.33 bits per heavy atom. The maximum Gasteiger partial charge on any atom is 0.0852 e. The molecule has 0 radical (unpaired) electrons. The van der Waals surface area contributed by atoms with Crippen LogP contribution in [-0.2, 0) is 6.61 Å². The molecule has 0 unspecified atom stereocenters. The van der Waals surface area contributed by atoms with Crippen LogP contribution in [0.4, 0.5) is 0 Å². The highest BCUT2D eigenvalue weighted by atomic mass is 16.3. The second-order valence-electron chi connectivity index (χ2n) is 3.21. The number of rotatable bonds is 1. The molecule has 1 aromatic heterocycles. The summed E-state index contributed by atoms with van der Waals surface area (Å²) in [6, 6.07) is 5.44. The first-order valence-corrected chi connectivity index (χ1v) is 4.17. The van der Waals surface area contributed by atoms with Crippen molar-refractivity contribution in [3.8, 4) is 0 Å². The first-order chi connectivity index (χ1) is 5.66. The molecule has 0 aliphatic rings. The summed E-state index contributed by atoms with van der Waals surface area (Å²) < 4.78 is 0. The highest BCUT2D eigenvalue weighted by Crippen LogP contribution is 1.89. The second-order valence-corrected chi connectivity index (χ2v) is 3.21. The number of nitrogens with zero attached hydrogens (tertiary/aromatic N) is 1. The van der Waals surface area contributed by atoms with Crippen LogP contribution in [0, 0.1) is 5.92 Å². The van der Waals surface area contributed by atoms with Crippen molar-refractivity contribution in [1.82, 2.24) is 4.98 Å².